The first-order valence-corrected chi connectivity index (χ1v) is 6.09. The highest BCUT2D eigenvalue weighted by Gasteiger charge is 2.13. The predicted molar refractivity (Wildman–Crippen MR) is 69.2 cm³/mol. The number of carbonyl (C=O) groups excluding carboxylic acids is 1. The molecule has 0 saturated carbocycles. The summed E-state index contributed by atoms with van der Waals surface area (Å²) in [7, 11) is 1.62. The van der Waals surface area contributed by atoms with Gasteiger partial charge in [-0.3, -0.25) is 4.79 Å². The zero-order valence-corrected chi connectivity index (χ0v) is 11.0. The summed E-state index contributed by atoms with van der Waals surface area (Å²) in [6.07, 6.45) is 0. The molecule has 0 spiro atoms. The Bertz CT molecular complexity index is 368. The Balaban J connectivity index is 2.72. The quantitative estimate of drug-likeness (QED) is 0.730. The zero-order valence-electron chi connectivity index (χ0n) is 10.3. The molecule has 0 aliphatic rings. The molecule has 0 aliphatic carbocycles. The zero-order chi connectivity index (χ0) is 12.7. The number of ether oxygens (including phenoxy) is 1. The fourth-order valence-electron chi connectivity index (χ4n) is 1.57. The van der Waals surface area contributed by atoms with Gasteiger partial charge in [-0.15, -0.1) is 11.6 Å². The van der Waals surface area contributed by atoms with E-state index >= 15 is 0 Å². The molecule has 4 heteroatoms. The molecule has 0 aliphatic heterocycles. The molecule has 94 valence electrons. The number of methoxy groups -OCH3 is 1. The number of aryl methyl sites for hydroxylation is 1. The van der Waals surface area contributed by atoms with Crippen molar-refractivity contribution in [1.29, 1.82) is 0 Å². The average molecular weight is 256 g/mol. The Labute approximate surface area is 107 Å². The Kier molecular flexibility index (Phi) is 6.01. The summed E-state index contributed by atoms with van der Waals surface area (Å²) in [6.45, 7) is 3.71. The van der Waals surface area contributed by atoms with E-state index in [9.17, 15) is 4.79 Å². The van der Waals surface area contributed by atoms with Crippen molar-refractivity contribution in [2.45, 2.75) is 13.5 Å². The maximum atomic E-state index is 11.7. The van der Waals surface area contributed by atoms with Crippen LogP contribution in [0, 0.1) is 6.92 Å². The lowest BCUT2D eigenvalue weighted by molar-refractivity contribution is -0.129. The minimum atomic E-state index is -0.0630. The molecule has 0 atom stereocenters. The van der Waals surface area contributed by atoms with Gasteiger partial charge >= 0.3 is 0 Å². The smallest absolute Gasteiger partial charge is 0.237 e. The van der Waals surface area contributed by atoms with E-state index in [0.717, 1.165) is 5.56 Å². The summed E-state index contributed by atoms with van der Waals surface area (Å²) in [5.41, 5.74) is 2.32. The van der Waals surface area contributed by atoms with Crippen molar-refractivity contribution in [3.63, 3.8) is 0 Å². The number of benzene rings is 1. The molecular weight excluding hydrogens is 238 g/mol. The standard InChI is InChI=1S/C13H18ClNO2/c1-11-5-3-4-6-12(11)10-15(7-8-17-2)13(16)9-14/h3-6H,7-10H2,1-2H3. The molecule has 0 radical (unpaired) electrons. The van der Waals surface area contributed by atoms with Gasteiger partial charge in [0.15, 0.2) is 0 Å². The first kappa shape index (κ1) is 14.0. The maximum Gasteiger partial charge on any atom is 0.237 e. The van der Waals surface area contributed by atoms with Gasteiger partial charge < -0.3 is 9.64 Å². The number of hydrogen-bond acceptors (Lipinski definition) is 2. The second-order valence-corrected chi connectivity index (χ2v) is 4.14. The molecule has 0 bridgehead atoms. The Hall–Kier alpha value is -1.06. The highest BCUT2D eigenvalue weighted by atomic mass is 35.5. The topological polar surface area (TPSA) is 29.5 Å². The van der Waals surface area contributed by atoms with E-state index in [1.807, 2.05) is 31.2 Å². The van der Waals surface area contributed by atoms with Crippen molar-refractivity contribution < 1.29 is 9.53 Å². The lowest BCUT2D eigenvalue weighted by atomic mass is 10.1. The molecule has 0 heterocycles. The fraction of sp³-hybridized carbons (Fsp3) is 0.462. The van der Waals surface area contributed by atoms with Crippen molar-refractivity contribution in [1.82, 2.24) is 4.90 Å². The van der Waals surface area contributed by atoms with Gasteiger partial charge in [-0.25, -0.2) is 0 Å². The van der Waals surface area contributed by atoms with Crippen LogP contribution in [0.25, 0.3) is 0 Å². The molecule has 1 aromatic carbocycles. The molecule has 0 N–H and O–H groups in total. The van der Waals surface area contributed by atoms with Crippen molar-refractivity contribution in [3.8, 4) is 0 Å². The van der Waals surface area contributed by atoms with E-state index in [0.29, 0.717) is 19.7 Å². The molecule has 1 aromatic rings. The molecular formula is C13H18ClNO2. The highest BCUT2D eigenvalue weighted by molar-refractivity contribution is 6.27. The number of carbonyl (C=O) groups is 1. The van der Waals surface area contributed by atoms with Gasteiger partial charge in [0.05, 0.1) is 6.61 Å². The summed E-state index contributed by atoms with van der Waals surface area (Å²) < 4.78 is 5.00. The number of nitrogens with zero attached hydrogens (tertiary/aromatic N) is 1. The van der Waals surface area contributed by atoms with Crippen molar-refractivity contribution in [2.24, 2.45) is 0 Å². The first-order chi connectivity index (χ1) is 8.19. The van der Waals surface area contributed by atoms with E-state index in [1.165, 1.54) is 5.56 Å². The monoisotopic (exact) mass is 255 g/mol. The summed E-state index contributed by atoms with van der Waals surface area (Å²) >= 11 is 5.60. The van der Waals surface area contributed by atoms with Crippen molar-refractivity contribution in [2.75, 3.05) is 26.1 Å². The number of halogens is 1. The molecule has 17 heavy (non-hydrogen) atoms. The van der Waals surface area contributed by atoms with Crippen LogP contribution in [0.1, 0.15) is 11.1 Å². The van der Waals surface area contributed by atoms with E-state index in [2.05, 4.69) is 0 Å². The number of rotatable bonds is 6. The van der Waals surface area contributed by atoms with Crippen LogP contribution in [0.3, 0.4) is 0 Å². The highest BCUT2D eigenvalue weighted by Crippen LogP contribution is 2.10. The lowest BCUT2D eigenvalue weighted by Crippen LogP contribution is -2.34. The third kappa shape index (κ3) is 4.36. The summed E-state index contributed by atoms with van der Waals surface area (Å²) in [6, 6.07) is 8.02. The van der Waals surface area contributed by atoms with Crippen LogP contribution in [0.2, 0.25) is 0 Å². The van der Waals surface area contributed by atoms with E-state index in [4.69, 9.17) is 16.3 Å². The van der Waals surface area contributed by atoms with Crippen molar-refractivity contribution >= 4 is 17.5 Å². The fourth-order valence-corrected chi connectivity index (χ4v) is 1.74. The normalized spacial score (nSPS) is 10.3. The minimum Gasteiger partial charge on any atom is -0.383 e. The van der Waals surface area contributed by atoms with E-state index in [1.54, 1.807) is 12.0 Å². The molecule has 0 fully saturated rings. The van der Waals surface area contributed by atoms with Gasteiger partial charge in [-0.05, 0) is 18.1 Å². The third-order valence-corrected chi connectivity index (χ3v) is 2.88. The summed E-state index contributed by atoms with van der Waals surface area (Å²) in [4.78, 5) is 13.4. The molecule has 1 amide bonds. The number of alkyl halides is 1. The number of amides is 1. The van der Waals surface area contributed by atoms with Gasteiger partial charge in [-0.1, -0.05) is 24.3 Å². The second kappa shape index (κ2) is 7.30. The van der Waals surface area contributed by atoms with Gasteiger partial charge in [0.1, 0.15) is 5.88 Å². The Morgan fingerprint density at radius 3 is 2.71 bits per heavy atom. The van der Waals surface area contributed by atoms with Crippen LogP contribution in [0.4, 0.5) is 0 Å². The van der Waals surface area contributed by atoms with Crippen LogP contribution in [0.15, 0.2) is 24.3 Å². The molecule has 0 saturated heterocycles. The van der Waals surface area contributed by atoms with Crippen LogP contribution in [-0.4, -0.2) is 36.9 Å². The van der Waals surface area contributed by atoms with Crippen molar-refractivity contribution in [3.05, 3.63) is 35.4 Å². The SMILES string of the molecule is COCCN(Cc1ccccc1C)C(=O)CCl. The summed E-state index contributed by atoms with van der Waals surface area (Å²) in [5, 5.41) is 0. The molecule has 1 rings (SSSR count). The van der Waals surface area contributed by atoms with Crippen LogP contribution >= 0.6 is 11.6 Å². The Morgan fingerprint density at radius 2 is 2.12 bits per heavy atom. The molecule has 3 nitrogen and oxygen atoms in total. The minimum absolute atomic E-state index is 0.00952. The van der Waals surface area contributed by atoms with Gasteiger partial charge in [-0.2, -0.15) is 0 Å². The lowest BCUT2D eigenvalue weighted by Gasteiger charge is -2.22. The van der Waals surface area contributed by atoms with Gasteiger partial charge in [0.25, 0.3) is 0 Å². The van der Waals surface area contributed by atoms with Crippen LogP contribution in [-0.2, 0) is 16.1 Å². The van der Waals surface area contributed by atoms with Gasteiger partial charge in [0.2, 0.25) is 5.91 Å². The molecule has 0 aromatic heterocycles. The number of hydrogen-bond donors (Lipinski definition) is 0. The van der Waals surface area contributed by atoms with E-state index in [-0.39, 0.29) is 11.8 Å². The Morgan fingerprint density at radius 1 is 1.41 bits per heavy atom. The van der Waals surface area contributed by atoms with E-state index < -0.39 is 0 Å². The summed E-state index contributed by atoms with van der Waals surface area (Å²) in [5.74, 6) is -0.0535. The average Bonchev–Trinajstić information content (AvgIpc) is 2.35. The second-order valence-electron chi connectivity index (χ2n) is 3.87. The predicted octanol–water partition coefficient (Wildman–Crippen LogP) is 2.21. The largest absolute Gasteiger partial charge is 0.383 e. The van der Waals surface area contributed by atoms with Crippen LogP contribution < -0.4 is 0 Å². The maximum absolute atomic E-state index is 11.7. The molecule has 0 unspecified atom stereocenters. The van der Waals surface area contributed by atoms with Crippen LogP contribution in [0.5, 0.6) is 0 Å². The third-order valence-electron chi connectivity index (χ3n) is 2.65. The first-order valence-electron chi connectivity index (χ1n) is 5.56. The van der Waals surface area contributed by atoms with Gasteiger partial charge in [0, 0.05) is 20.2 Å².